The summed E-state index contributed by atoms with van der Waals surface area (Å²) in [5, 5.41) is 0.923. The van der Waals surface area contributed by atoms with Gasteiger partial charge in [-0.15, -0.1) is 0 Å². The molecular weight excluding hydrogens is 370 g/mol. The standard InChI is InChI=1S/C17H13ClF2N2O2S/c1-24-6-7-25-17-21-14-4-2-10(18)8-12(14)16(23)22(17)15-5-3-11(19)9-13(15)20/h2-5,8-9H,6-7H2,1H3. The molecule has 0 spiro atoms. The molecule has 0 bridgehead atoms. The first kappa shape index (κ1) is 17.8. The van der Waals surface area contributed by atoms with Gasteiger partial charge in [-0.1, -0.05) is 23.4 Å². The van der Waals surface area contributed by atoms with Crippen molar-refractivity contribution >= 4 is 34.3 Å². The number of fused-ring (bicyclic) bond motifs is 1. The van der Waals surface area contributed by atoms with Gasteiger partial charge in [0.2, 0.25) is 0 Å². The van der Waals surface area contributed by atoms with Gasteiger partial charge in [0.05, 0.1) is 23.2 Å². The third-order valence-electron chi connectivity index (χ3n) is 3.47. The number of nitrogens with zero attached hydrogens (tertiary/aromatic N) is 2. The van der Waals surface area contributed by atoms with Crippen LogP contribution in [0.1, 0.15) is 0 Å². The van der Waals surface area contributed by atoms with Crippen LogP contribution in [-0.4, -0.2) is 29.0 Å². The van der Waals surface area contributed by atoms with Gasteiger partial charge in [-0.05, 0) is 30.3 Å². The molecule has 1 aromatic heterocycles. The number of rotatable bonds is 5. The van der Waals surface area contributed by atoms with E-state index in [0.717, 1.165) is 16.7 Å². The highest BCUT2D eigenvalue weighted by Crippen LogP contribution is 2.24. The molecule has 0 aliphatic heterocycles. The van der Waals surface area contributed by atoms with Crippen LogP contribution in [0.25, 0.3) is 16.6 Å². The van der Waals surface area contributed by atoms with Gasteiger partial charge in [-0.2, -0.15) is 0 Å². The number of hydrogen-bond acceptors (Lipinski definition) is 4. The van der Waals surface area contributed by atoms with Gasteiger partial charge in [0, 0.05) is 24.0 Å². The lowest BCUT2D eigenvalue weighted by molar-refractivity contribution is 0.218. The lowest BCUT2D eigenvalue weighted by atomic mass is 10.2. The van der Waals surface area contributed by atoms with E-state index in [2.05, 4.69) is 4.98 Å². The lowest BCUT2D eigenvalue weighted by Gasteiger charge is -2.14. The molecule has 0 atom stereocenters. The van der Waals surface area contributed by atoms with Gasteiger partial charge in [0.1, 0.15) is 11.6 Å². The number of halogens is 3. The molecule has 8 heteroatoms. The van der Waals surface area contributed by atoms with Crippen LogP contribution in [0.3, 0.4) is 0 Å². The van der Waals surface area contributed by atoms with Crippen LogP contribution >= 0.6 is 23.4 Å². The Morgan fingerprint density at radius 1 is 1.24 bits per heavy atom. The van der Waals surface area contributed by atoms with Crippen LogP contribution < -0.4 is 5.56 Å². The Morgan fingerprint density at radius 3 is 2.76 bits per heavy atom. The Morgan fingerprint density at radius 2 is 2.04 bits per heavy atom. The molecule has 4 nitrogen and oxygen atoms in total. The molecule has 25 heavy (non-hydrogen) atoms. The normalized spacial score (nSPS) is 11.2. The Hall–Kier alpha value is -1.96. The zero-order chi connectivity index (χ0) is 18.0. The summed E-state index contributed by atoms with van der Waals surface area (Å²) >= 11 is 7.21. The molecule has 0 saturated carbocycles. The van der Waals surface area contributed by atoms with Crippen LogP contribution in [-0.2, 0) is 4.74 Å². The third-order valence-corrected chi connectivity index (χ3v) is 4.61. The monoisotopic (exact) mass is 382 g/mol. The number of ether oxygens (including phenoxy) is 1. The zero-order valence-electron chi connectivity index (χ0n) is 13.1. The van der Waals surface area contributed by atoms with Gasteiger partial charge in [-0.25, -0.2) is 13.8 Å². The lowest BCUT2D eigenvalue weighted by Crippen LogP contribution is -2.23. The predicted molar refractivity (Wildman–Crippen MR) is 94.9 cm³/mol. The molecular formula is C17H13ClF2N2O2S. The van der Waals surface area contributed by atoms with Gasteiger partial charge < -0.3 is 4.74 Å². The molecule has 3 rings (SSSR count). The maximum absolute atomic E-state index is 14.3. The summed E-state index contributed by atoms with van der Waals surface area (Å²) in [7, 11) is 1.56. The van der Waals surface area contributed by atoms with E-state index < -0.39 is 17.2 Å². The van der Waals surface area contributed by atoms with E-state index in [0.29, 0.717) is 28.1 Å². The summed E-state index contributed by atoms with van der Waals surface area (Å²) in [6.07, 6.45) is 0. The third kappa shape index (κ3) is 3.68. The molecule has 2 aromatic carbocycles. The number of aromatic nitrogens is 2. The first-order chi connectivity index (χ1) is 12.0. The minimum absolute atomic E-state index is 0.0688. The van der Waals surface area contributed by atoms with E-state index in [1.54, 1.807) is 19.2 Å². The Bertz CT molecular complexity index is 994. The van der Waals surface area contributed by atoms with Crippen molar-refractivity contribution in [3.63, 3.8) is 0 Å². The van der Waals surface area contributed by atoms with E-state index in [1.807, 2.05) is 0 Å². The number of benzene rings is 2. The van der Waals surface area contributed by atoms with Crippen molar-refractivity contribution < 1.29 is 13.5 Å². The molecule has 0 saturated heterocycles. The van der Waals surface area contributed by atoms with E-state index >= 15 is 0 Å². The molecule has 0 unspecified atom stereocenters. The first-order valence-electron chi connectivity index (χ1n) is 7.30. The fourth-order valence-corrected chi connectivity index (χ4v) is 3.40. The molecule has 3 aromatic rings. The molecule has 0 aliphatic rings. The number of methoxy groups -OCH3 is 1. The van der Waals surface area contributed by atoms with Crippen LogP contribution in [0.15, 0.2) is 46.3 Å². The fraction of sp³-hybridized carbons (Fsp3) is 0.176. The summed E-state index contributed by atoms with van der Waals surface area (Å²) in [4.78, 5) is 17.4. The van der Waals surface area contributed by atoms with Crippen molar-refractivity contribution in [2.45, 2.75) is 5.16 Å². The zero-order valence-corrected chi connectivity index (χ0v) is 14.7. The van der Waals surface area contributed by atoms with Crippen molar-refractivity contribution in [1.82, 2.24) is 9.55 Å². The Balaban J connectivity index is 2.27. The smallest absolute Gasteiger partial charge is 0.266 e. The van der Waals surface area contributed by atoms with E-state index in [9.17, 15) is 13.6 Å². The van der Waals surface area contributed by atoms with E-state index in [1.165, 1.54) is 23.9 Å². The minimum atomic E-state index is -0.848. The molecule has 0 N–H and O–H groups in total. The average molecular weight is 383 g/mol. The van der Waals surface area contributed by atoms with Crippen molar-refractivity contribution in [3.8, 4) is 5.69 Å². The summed E-state index contributed by atoms with van der Waals surface area (Å²) in [5.74, 6) is -1.05. The van der Waals surface area contributed by atoms with Crippen molar-refractivity contribution in [2.24, 2.45) is 0 Å². The second-order valence-corrected chi connectivity index (χ2v) is 6.63. The van der Waals surface area contributed by atoms with Crippen molar-refractivity contribution in [1.29, 1.82) is 0 Å². The number of thioether (sulfide) groups is 1. The molecule has 0 aliphatic carbocycles. The molecule has 1 heterocycles. The summed E-state index contributed by atoms with van der Waals surface area (Å²) in [5.41, 5.74) is -0.0910. The predicted octanol–water partition coefficient (Wildman–Crippen LogP) is 4.06. The Labute approximate surface area is 151 Å². The van der Waals surface area contributed by atoms with Crippen LogP contribution in [0.5, 0.6) is 0 Å². The van der Waals surface area contributed by atoms with Crippen LogP contribution in [0.2, 0.25) is 5.02 Å². The Kier molecular flexibility index (Phi) is 5.36. The molecule has 0 radical (unpaired) electrons. The van der Waals surface area contributed by atoms with Gasteiger partial charge in [-0.3, -0.25) is 9.36 Å². The van der Waals surface area contributed by atoms with Crippen molar-refractivity contribution in [2.75, 3.05) is 19.5 Å². The summed E-state index contributed by atoms with van der Waals surface area (Å²) in [6.45, 7) is 0.436. The van der Waals surface area contributed by atoms with E-state index in [4.69, 9.17) is 16.3 Å². The van der Waals surface area contributed by atoms with Gasteiger partial charge >= 0.3 is 0 Å². The second-order valence-electron chi connectivity index (χ2n) is 5.13. The maximum Gasteiger partial charge on any atom is 0.266 e. The molecule has 130 valence electrons. The number of hydrogen-bond donors (Lipinski definition) is 0. The van der Waals surface area contributed by atoms with Crippen LogP contribution in [0, 0.1) is 11.6 Å². The topological polar surface area (TPSA) is 44.1 Å². The summed E-state index contributed by atoms with van der Waals surface area (Å²) < 4.78 is 33.7. The van der Waals surface area contributed by atoms with Crippen molar-refractivity contribution in [3.05, 3.63) is 63.4 Å². The summed E-state index contributed by atoms with van der Waals surface area (Å²) in [6, 6.07) is 7.77. The first-order valence-corrected chi connectivity index (χ1v) is 8.67. The second kappa shape index (κ2) is 7.51. The molecule has 0 amide bonds. The van der Waals surface area contributed by atoms with E-state index in [-0.39, 0.29) is 11.1 Å². The van der Waals surface area contributed by atoms with Crippen LogP contribution in [0.4, 0.5) is 8.78 Å². The highest BCUT2D eigenvalue weighted by Gasteiger charge is 2.17. The highest BCUT2D eigenvalue weighted by atomic mass is 35.5. The quantitative estimate of drug-likeness (QED) is 0.379. The van der Waals surface area contributed by atoms with Gasteiger partial charge in [0.15, 0.2) is 5.16 Å². The SMILES string of the molecule is COCCSc1nc2ccc(Cl)cc2c(=O)n1-c1ccc(F)cc1F. The molecule has 0 fully saturated rings. The maximum atomic E-state index is 14.3. The fourth-order valence-electron chi connectivity index (χ4n) is 2.33. The average Bonchev–Trinajstić information content (AvgIpc) is 2.57. The highest BCUT2D eigenvalue weighted by molar-refractivity contribution is 7.99. The largest absolute Gasteiger partial charge is 0.384 e. The van der Waals surface area contributed by atoms with Gasteiger partial charge in [0.25, 0.3) is 5.56 Å². The minimum Gasteiger partial charge on any atom is -0.384 e.